The molecular formula is C9H7N3O. The number of rotatable bonds is 1. The van der Waals surface area contributed by atoms with Crippen LogP contribution in [-0.2, 0) is 0 Å². The largest absolute Gasteiger partial charge is 0.295 e. The highest BCUT2D eigenvalue weighted by molar-refractivity contribution is 5.96. The van der Waals surface area contributed by atoms with Gasteiger partial charge >= 0.3 is 0 Å². The number of Topliss-reactive ketones (excluding diaryl/α,β-unsaturated/α-hetero) is 1. The van der Waals surface area contributed by atoms with Crippen molar-refractivity contribution in [1.82, 2.24) is 15.2 Å². The van der Waals surface area contributed by atoms with Gasteiger partial charge in [0.05, 0.1) is 5.52 Å². The Kier molecular flexibility index (Phi) is 1.73. The van der Waals surface area contributed by atoms with Crippen molar-refractivity contribution >= 4 is 16.8 Å². The Bertz CT molecular complexity index is 467. The second-order valence-corrected chi connectivity index (χ2v) is 2.72. The highest BCUT2D eigenvalue weighted by atomic mass is 16.1. The molecule has 0 aliphatic rings. The number of nitrogens with zero attached hydrogens (tertiary/aromatic N) is 3. The average Bonchev–Trinajstić information content (AvgIpc) is 2.17. The van der Waals surface area contributed by atoms with Gasteiger partial charge < -0.3 is 0 Å². The van der Waals surface area contributed by atoms with Gasteiger partial charge in [-0.15, -0.1) is 10.2 Å². The maximum absolute atomic E-state index is 11.0. The van der Waals surface area contributed by atoms with Crippen LogP contribution < -0.4 is 0 Å². The minimum absolute atomic E-state index is 0.0283. The monoisotopic (exact) mass is 173 g/mol. The van der Waals surface area contributed by atoms with E-state index in [0.29, 0.717) is 16.6 Å². The van der Waals surface area contributed by atoms with E-state index in [2.05, 4.69) is 15.2 Å². The third-order valence-electron chi connectivity index (χ3n) is 1.80. The zero-order valence-corrected chi connectivity index (χ0v) is 7.06. The zero-order chi connectivity index (χ0) is 9.26. The van der Waals surface area contributed by atoms with Gasteiger partial charge in [0.25, 0.3) is 0 Å². The first-order valence-electron chi connectivity index (χ1n) is 3.86. The molecule has 64 valence electrons. The van der Waals surface area contributed by atoms with E-state index in [4.69, 9.17) is 0 Å². The van der Waals surface area contributed by atoms with Crippen molar-refractivity contribution in [1.29, 1.82) is 0 Å². The van der Waals surface area contributed by atoms with Crippen molar-refractivity contribution < 1.29 is 4.79 Å². The van der Waals surface area contributed by atoms with Crippen LogP contribution in [0.4, 0.5) is 0 Å². The number of benzene rings is 1. The Balaban J connectivity index is 2.69. The van der Waals surface area contributed by atoms with Gasteiger partial charge in [-0.1, -0.05) is 0 Å². The van der Waals surface area contributed by atoms with Crippen LogP contribution in [0.25, 0.3) is 11.0 Å². The summed E-state index contributed by atoms with van der Waals surface area (Å²) in [4.78, 5) is 15.0. The summed E-state index contributed by atoms with van der Waals surface area (Å²) in [5.41, 5.74) is 2.04. The lowest BCUT2D eigenvalue weighted by Gasteiger charge is -1.96. The molecular weight excluding hydrogens is 166 g/mol. The first-order valence-corrected chi connectivity index (χ1v) is 3.86. The summed E-state index contributed by atoms with van der Waals surface area (Å²) < 4.78 is 0. The quantitative estimate of drug-likeness (QED) is 0.608. The topological polar surface area (TPSA) is 55.7 Å². The summed E-state index contributed by atoms with van der Waals surface area (Å²) in [6.45, 7) is 1.52. The molecule has 1 aromatic heterocycles. The van der Waals surface area contributed by atoms with Crippen LogP contribution >= 0.6 is 0 Å². The lowest BCUT2D eigenvalue weighted by molar-refractivity contribution is 0.101. The van der Waals surface area contributed by atoms with Crippen molar-refractivity contribution in [3.63, 3.8) is 0 Å². The standard InChI is InChI=1S/C9H7N3O/c1-6(13)7-2-3-8-9(4-7)10-5-11-12-8/h2-5H,1H3. The molecule has 0 unspecified atom stereocenters. The molecule has 4 heteroatoms. The maximum Gasteiger partial charge on any atom is 0.159 e. The fourth-order valence-electron chi connectivity index (χ4n) is 1.11. The number of hydrogen-bond donors (Lipinski definition) is 0. The van der Waals surface area contributed by atoms with E-state index in [9.17, 15) is 4.79 Å². The molecule has 0 radical (unpaired) electrons. The molecule has 4 nitrogen and oxygen atoms in total. The Labute approximate surface area is 74.6 Å². The molecule has 2 rings (SSSR count). The van der Waals surface area contributed by atoms with Gasteiger partial charge in [-0.3, -0.25) is 4.79 Å². The third kappa shape index (κ3) is 1.38. The Hall–Kier alpha value is -1.84. The summed E-state index contributed by atoms with van der Waals surface area (Å²) in [5.74, 6) is 0.0283. The van der Waals surface area contributed by atoms with E-state index in [1.807, 2.05) is 0 Å². The molecule has 0 aliphatic carbocycles. The lowest BCUT2D eigenvalue weighted by Crippen LogP contribution is -1.93. The van der Waals surface area contributed by atoms with Crippen LogP contribution in [0, 0.1) is 0 Å². The number of hydrogen-bond acceptors (Lipinski definition) is 4. The maximum atomic E-state index is 11.0. The van der Waals surface area contributed by atoms with Crippen LogP contribution in [0.3, 0.4) is 0 Å². The van der Waals surface area contributed by atoms with Gasteiger partial charge in [-0.05, 0) is 25.1 Å². The molecule has 1 heterocycles. The molecule has 0 atom stereocenters. The van der Waals surface area contributed by atoms with Crippen LogP contribution in [-0.4, -0.2) is 21.0 Å². The second-order valence-electron chi connectivity index (χ2n) is 2.72. The van der Waals surface area contributed by atoms with E-state index < -0.39 is 0 Å². The average molecular weight is 173 g/mol. The summed E-state index contributed by atoms with van der Waals surface area (Å²) in [5, 5.41) is 7.50. The number of carbonyl (C=O) groups is 1. The molecule has 0 saturated carbocycles. The molecule has 0 amide bonds. The minimum atomic E-state index is 0.0283. The molecule has 13 heavy (non-hydrogen) atoms. The molecule has 0 fully saturated rings. The number of ketones is 1. The van der Waals surface area contributed by atoms with Crippen molar-refractivity contribution in [3.8, 4) is 0 Å². The molecule has 0 bridgehead atoms. The van der Waals surface area contributed by atoms with Crippen LogP contribution in [0.5, 0.6) is 0 Å². The number of carbonyl (C=O) groups excluding carboxylic acids is 1. The van der Waals surface area contributed by atoms with Crippen molar-refractivity contribution in [2.24, 2.45) is 0 Å². The van der Waals surface area contributed by atoms with E-state index in [-0.39, 0.29) is 5.78 Å². The van der Waals surface area contributed by atoms with Crippen LogP contribution in [0.1, 0.15) is 17.3 Å². The fourth-order valence-corrected chi connectivity index (χ4v) is 1.11. The molecule has 0 saturated heterocycles. The Morgan fingerprint density at radius 1 is 1.31 bits per heavy atom. The predicted octanol–water partition coefficient (Wildman–Crippen LogP) is 1.23. The van der Waals surface area contributed by atoms with E-state index in [1.54, 1.807) is 18.2 Å². The summed E-state index contributed by atoms with van der Waals surface area (Å²) in [7, 11) is 0. The predicted molar refractivity (Wildman–Crippen MR) is 47.3 cm³/mol. The highest BCUT2D eigenvalue weighted by Crippen LogP contribution is 2.10. The van der Waals surface area contributed by atoms with E-state index in [1.165, 1.54) is 13.3 Å². The van der Waals surface area contributed by atoms with Crippen LogP contribution in [0.2, 0.25) is 0 Å². The smallest absolute Gasteiger partial charge is 0.159 e. The SMILES string of the molecule is CC(=O)c1ccc2nncnc2c1. The fraction of sp³-hybridized carbons (Fsp3) is 0.111. The van der Waals surface area contributed by atoms with Crippen molar-refractivity contribution in [3.05, 3.63) is 30.1 Å². The minimum Gasteiger partial charge on any atom is -0.295 e. The molecule has 0 aliphatic heterocycles. The van der Waals surface area contributed by atoms with Crippen molar-refractivity contribution in [2.45, 2.75) is 6.92 Å². The summed E-state index contributed by atoms with van der Waals surface area (Å²) in [6, 6.07) is 5.18. The summed E-state index contributed by atoms with van der Waals surface area (Å²) in [6.07, 6.45) is 1.37. The van der Waals surface area contributed by atoms with E-state index in [0.717, 1.165) is 0 Å². The van der Waals surface area contributed by atoms with E-state index >= 15 is 0 Å². The third-order valence-corrected chi connectivity index (χ3v) is 1.80. The molecule has 2 aromatic rings. The first-order chi connectivity index (χ1) is 6.27. The molecule has 0 spiro atoms. The number of fused-ring (bicyclic) bond motifs is 1. The number of aromatic nitrogens is 3. The van der Waals surface area contributed by atoms with Gasteiger partial charge in [0.2, 0.25) is 0 Å². The molecule has 0 N–H and O–H groups in total. The van der Waals surface area contributed by atoms with Gasteiger partial charge in [0.1, 0.15) is 11.8 Å². The first kappa shape index (κ1) is 7.79. The second kappa shape index (κ2) is 2.90. The summed E-state index contributed by atoms with van der Waals surface area (Å²) >= 11 is 0. The Morgan fingerprint density at radius 3 is 2.92 bits per heavy atom. The molecule has 1 aromatic carbocycles. The van der Waals surface area contributed by atoms with Gasteiger partial charge in [0.15, 0.2) is 5.78 Å². The van der Waals surface area contributed by atoms with Gasteiger partial charge in [-0.2, -0.15) is 0 Å². The normalized spacial score (nSPS) is 10.2. The zero-order valence-electron chi connectivity index (χ0n) is 7.06. The van der Waals surface area contributed by atoms with Gasteiger partial charge in [0, 0.05) is 5.56 Å². The van der Waals surface area contributed by atoms with Crippen molar-refractivity contribution in [2.75, 3.05) is 0 Å². The lowest BCUT2D eigenvalue weighted by atomic mass is 10.1. The van der Waals surface area contributed by atoms with Gasteiger partial charge in [-0.25, -0.2) is 4.98 Å². The van der Waals surface area contributed by atoms with Crippen LogP contribution in [0.15, 0.2) is 24.5 Å². The highest BCUT2D eigenvalue weighted by Gasteiger charge is 2.01. The Morgan fingerprint density at radius 2 is 2.15 bits per heavy atom.